The van der Waals surface area contributed by atoms with Gasteiger partial charge >= 0.3 is 0 Å². The first-order chi connectivity index (χ1) is 10.1. The summed E-state index contributed by atoms with van der Waals surface area (Å²) in [5, 5.41) is 13.3. The van der Waals surface area contributed by atoms with Gasteiger partial charge in [-0.05, 0) is 33.6 Å². The molecule has 0 bridgehead atoms. The van der Waals surface area contributed by atoms with Gasteiger partial charge in [0.05, 0.1) is 19.3 Å². The third kappa shape index (κ3) is 9.80. The smallest absolute Gasteiger partial charge is 0.0791 e. The molecule has 0 radical (unpaired) electrons. The SMILES string of the molecule is CC(C)=CCC/C(C)=C\CNC[C@H](O)CN1CCOCC1. The van der Waals surface area contributed by atoms with Crippen molar-refractivity contribution >= 4 is 0 Å². The Labute approximate surface area is 129 Å². The van der Waals surface area contributed by atoms with E-state index in [0.717, 1.165) is 52.2 Å². The predicted molar refractivity (Wildman–Crippen MR) is 88.6 cm³/mol. The van der Waals surface area contributed by atoms with Crippen LogP contribution in [0.25, 0.3) is 0 Å². The number of β-amino-alcohol motifs (C(OH)–C–C–N with tert-alkyl or cyclic N) is 1. The van der Waals surface area contributed by atoms with Crippen molar-refractivity contribution in [1.29, 1.82) is 0 Å². The van der Waals surface area contributed by atoms with E-state index < -0.39 is 0 Å². The third-order valence-corrected chi connectivity index (χ3v) is 3.64. The molecule has 0 aromatic heterocycles. The zero-order valence-electron chi connectivity index (χ0n) is 13.9. The molecular formula is C17H32N2O2. The molecule has 0 unspecified atom stereocenters. The van der Waals surface area contributed by atoms with E-state index in [2.05, 4.69) is 43.1 Å². The maximum absolute atomic E-state index is 10.00. The normalized spacial score (nSPS) is 18.6. The van der Waals surface area contributed by atoms with Crippen molar-refractivity contribution in [2.75, 3.05) is 45.9 Å². The number of allylic oxidation sites excluding steroid dienone is 3. The number of rotatable bonds is 9. The average Bonchev–Trinajstić information content (AvgIpc) is 2.44. The van der Waals surface area contributed by atoms with Crippen LogP contribution < -0.4 is 5.32 Å². The van der Waals surface area contributed by atoms with Crippen LogP contribution in [0.1, 0.15) is 33.6 Å². The molecule has 4 heteroatoms. The van der Waals surface area contributed by atoms with Crippen molar-refractivity contribution in [3.8, 4) is 0 Å². The molecule has 1 rings (SSSR count). The summed E-state index contributed by atoms with van der Waals surface area (Å²) in [6.07, 6.45) is 6.42. The van der Waals surface area contributed by atoms with E-state index in [1.807, 2.05) is 0 Å². The van der Waals surface area contributed by atoms with E-state index in [0.29, 0.717) is 6.54 Å². The first-order valence-corrected chi connectivity index (χ1v) is 8.06. The van der Waals surface area contributed by atoms with Gasteiger partial charge < -0.3 is 15.2 Å². The summed E-state index contributed by atoms with van der Waals surface area (Å²) in [5.41, 5.74) is 2.79. The summed E-state index contributed by atoms with van der Waals surface area (Å²) in [7, 11) is 0. The molecular weight excluding hydrogens is 264 g/mol. The van der Waals surface area contributed by atoms with Crippen LogP contribution in [-0.2, 0) is 4.74 Å². The molecule has 1 aliphatic rings. The lowest BCUT2D eigenvalue weighted by molar-refractivity contribution is 0.0151. The van der Waals surface area contributed by atoms with Crippen molar-refractivity contribution in [3.05, 3.63) is 23.3 Å². The van der Waals surface area contributed by atoms with E-state index in [4.69, 9.17) is 4.74 Å². The van der Waals surface area contributed by atoms with E-state index in [-0.39, 0.29) is 6.10 Å². The van der Waals surface area contributed by atoms with Crippen LogP contribution in [0.3, 0.4) is 0 Å². The molecule has 1 saturated heterocycles. The second-order valence-corrected chi connectivity index (χ2v) is 6.10. The summed E-state index contributed by atoms with van der Waals surface area (Å²) in [4.78, 5) is 2.26. The molecule has 0 amide bonds. The fourth-order valence-electron chi connectivity index (χ4n) is 2.33. The molecule has 0 aliphatic carbocycles. The fourth-order valence-corrected chi connectivity index (χ4v) is 2.33. The molecule has 0 aromatic carbocycles. The molecule has 0 spiro atoms. The molecule has 2 N–H and O–H groups in total. The standard InChI is InChI=1S/C17H32N2O2/c1-15(2)5-4-6-16(3)7-8-18-13-17(20)14-19-9-11-21-12-10-19/h5,7,17-18,20H,4,6,8-14H2,1-3H3/b16-7-/t17-/m0/s1. The predicted octanol–water partition coefficient (Wildman–Crippen LogP) is 1.96. The van der Waals surface area contributed by atoms with Crippen molar-refractivity contribution in [2.45, 2.75) is 39.7 Å². The summed E-state index contributed by atoms with van der Waals surface area (Å²) < 4.78 is 5.30. The number of morpholine rings is 1. The Hall–Kier alpha value is -0.680. The molecule has 1 aliphatic heterocycles. The Bertz CT molecular complexity index is 330. The summed E-state index contributed by atoms with van der Waals surface area (Å²) >= 11 is 0. The van der Waals surface area contributed by atoms with Crippen LogP contribution in [-0.4, -0.2) is 62.0 Å². The van der Waals surface area contributed by atoms with Gasteiger partial charge in [-0.2, -0.15) is 0 Å². The molecule has 21 heavy (non-hydrogen) atoms. The van der Waals surface area contributed by atoms with Gasteiger partial charge in [0.25, 0.3) is 0 Å². The minimum atomic E-state index is -0.303. The minimum Gasteiger partial charge on any atom is -0.390 e. The van der Waals surface area contributed by atoms with Crippen LogP contribution in [0, 0.1) is 0 Å². The summed E-state index contributed by atoms with van der Waals surface area (Å²) in [5.74, 6) is 0. The number of aliphatic hydroxyl groups is 1. The highest BCUT2D eigenvalue weighted by Crippen LogP contribution is 2.05. The lowest BCUT2D eigenvalue weighted by Crippen LogP contribution is -2.43. The van der Waals surface area contributed by atoms with Crippen LogP contribution in [0.4, 0.5) is 0 Å². The lowest BCUT2D eigenvalue weighted by Gasteiger charge is -2.28. The third-order valence-electron chi connectivity index (χ3n) is 3.64. The molecule has 1 atom stereocenters. The van der Waals surface area contributed by atoms with E-state index in [1.165, 1.54) is 11.1 Å². The Morgan fingerprint density at radius 1 is 1.24 bits per heavy atom. The van der Waals surface area contributed by atoms with Gasteiger partial charge in [0.1, 0.15) is 0 Å². The van der Waals surface area contributed by atoms with Crippen molar-refractivity contribution in [2.24, 2.45) is 0 Å². The van der Waals surface area contributed by atoms with Crippen LogP contribution >= 0.6 is 0 Å². The Morgan fingerprint density at radius 2 is 1.95 bits per heavy atom. The molecule has 122 valence electrons. The number of ether oxygens (including phenoxy) is 1. The number of nitrogens with zero attached hydrogens (tertiary/aromatic N) is 1. The highest BCUT2D eigenvalue weighted by atomic mass is 16.5. The average molecular weight is 296 g/mol. The van der Waals surface area contributed by atoms with Crippen LogP contribution in [0.15, 0.2) is 23.3 Å². The molecule has 0 saturated carbocycles. The van der Waals surface area contributed by atoms with Gasteiger partial charge in [-0.15, -0.1) is 0 Å². The Balaban J connectivity index is 2.07. The second kappa shape index (κ2) is 11.0. The van der Waals surface area contributed by atoms with Crippen LogP contribution in [0.5, 0.6) is 0 Å². The second-order valence-electron chi connectivity index (χ2n) is 6.10. The van der Waals surface area contributed by atoms with E-state index in [9.17, 15) is 5.11 Å². The highest BCUT2D eigenvalue weighted by molar-refractivity contribution is 5.02. The summed E-state index contributed by atoms with van der Waals surface area (Å²) in [6, 6.07) is 0. The van der Waals surface area contributed by atoms with Gasteiger partial charge in [0.2, 0.25) is 0 Å². The Morgan fingerprint density at radius 3 is 2.62 bits per heavy atom. The van der Waals surface area contributed by atoms with Gasteiger partial charge in [-0.25, -0.2) is 0 Å². The molecule has 0 aromatic rings. The number of nitrogens with one attached hydrogen (secondary N) is 1. The monoisotopic (exact) mass is 296 g/mol. The largest absolute Gasteiger partial charge is 0.390 e. The Kier molecular flexibility index (Phi) is 9.59. The van der Waals surface area contributed by atoms with Crippen molar-refractivity contribution < 1.29 is 9.84 Å². The first-order valence-electron chi connectivity index (χ1n) is 8.06. The minimum absolute atomic E-state index is 0.303. The fraction of sp³-hybridized carbons (Fsp3) is 0.765. The number of hydrogen-bond acceptors (Lipinski definition) is 4. The molecule has 4 nitrogen and oxygen atoms in total. The quantitative estimate of drug-likeness (QED) is 0.504. The van der Waals surface area contributed by atoms with Crippen molar-refractivity contribution in [1.82, 2.24) is 10.2 Å². The topological polar surface area (TPSA) is 44.7 Å². The maximum atomic E-state index is 10.00. The highest BCUT2D eigenvalue weighted by Gasteiger charge is 2.14. The van der Waals surface area contributed by atoms with Crippen LogP contribution in [0.2, 0.25) is 0 Å². The maximum Gasteiger partial charge on any atom is 0.0791 e. The van der Waals surface area contributed by atoms with Gasteiger partial charge in [-0.1, -0.05) is 23.3 Å². The number of hydrogen-bond donors (Lipinski definition) is 2. The zero-order valence-corrected chi connectivity index (χ0v) is 13.9. The molecule has 1 heterocycles. The first kappa shape index (κ1) is 18.4. The van der Waals surface area contributed by atoms with E-state index in [1.54, 1.807) is 0 Å². The van der Waals surface area contributed by atoms with Gasteiger partial charge in [-0.3, -0.25) is 4.90 Å². The molecule has 1 fully saturated rings. The number of aliphatic hydroxyl groups excluding tert-OH is 1. The summed E-state index contributed by atoms with van der Waals surface area (Å²) in [6.45, 7) is 12.1. The van der Waals surface area contributed by atoms with Gasteiger partial charge in [0, 0.05) is 32.7 Å². The van der Waals surface area contributed by atoms with Gasteiger partial charge in [0.15, 0.2) is 0 Å². The lowest BCUT2D eigenvalue weighted by atomic mass is 10.1. The van der Waals surface area contributed by atoms with E-state index >= 15 is 0 Å². The van der Waals surface area contributed by atoms with Crippen molar-refractivity contribution in [3.63, 3.8) is 0 Å². The zero-order chi connectivity index (χ0) is 15.5.